The summed E-state index contributed by atoms with van der Waals surface area (Å²) in [5.41, 5.74) is 1.21. The fraction of sp³-hybridized carbons (Fsp3) is 0.500. The lowest BCUT2D eigenvalue weighted by atomic mass is 10.2. The Labute approximate surface area is 142 Å². The molecule has 1 aromatic carbocycles. The van der Waals surface area contributed by atoms with E-state index in [-0.39, 0.29) is 11.9 Å². The highest BCUT2D eigenvalue weighted by molar-refractivity contribution is 5.79. The number of carbonyl (C=O) groups is 1. The smallest absolute Gasteiger partial charge is 0.237 e. The van der Waals surface area contributed by atoms with E-state index in [1.165, 1.54) is 5.56 Å². The van der Waals surface area contributed by atoms with Crippen LogP contribution in [-0.4, -0.2) is 46.0 Å². The predicted molar refractivity (Wildman–Crippen MR) is 90.1 cm³/mol. The molecular formula is C18H24N4O2. The molecule has 1 atom stereocenters. The van der Waals surface area contributed by atoms with Crippen LogP contribution in [0.15, 0.2) is 34.9 Å². The average Bonchev–Trinajstić information content (AvgIpc) is 3.24. The van der Waals surface area contributed by atoms with Crippen LogP contribution < -0.4 is 0 Å². The molecule has 2 aromatic rings. The van der Waals surface area contributed by atoms with E-state index in [1.54, 1.807) is 0 Å². The lowest BCUT2D eigenvalue weighted by molar-refractivity contribution is -0.133. The Morgan fingerprint density at radius 2 is 2.17 bits per heavy atom. The third-order valence-electron chi connectivity index (χ3n) is 4.36. The van der Waals surface area contributed by atoms with Gasteiger partial charge in [-0.2, -0.15) is 4.98 Å². The quantitative estimate of drug-likeness (QED) is 0.815. The summed E-state index contributed by atoms with van der Waals surface area (Å²) < 4.78 is 5.20. The Morgan fingerprint density at radius 3 is 2.88 bits per heavy atom. The predicted octanol–water partition coefficient (Wildman–Crippen LogP) is 2.43. The first kappa shape index (κ1) is 16.6. The summed E-state index contributed by atoms with van der Waals surface area (Å²) in [4.78, 5) is 21.0. The molecular weight excluding hydrogens is 304 g/mol. The van der Waals surface area contributed by atoms with Gasteiger partial charge in [-0.25, -0.2) is 0 Å². The van der Waals surface area contributed by atoms with Gasteiger partial charge in [0.15, 0.2) is 5.82 Å². The lowest BCUT2D eigenvalue weighted by Gasteiger charge is -2.25. The maximum atomic E-state index is 12.7. The van der Waals surface area contributed by atoms with Gasteiger partial charge < -0.3 is 9.42 Å². The van der Waals surface area contributed by atoms with Crippen molar-refractivity contribution in [3.05, 3.63) is 47.6 Å². The standard InChI is InChI=1S/C18H24N4O2/c1-3-16-19-18(20-24-16)15-10-7-11-22(15)17(23)13-21(2)12-14-8-5-4-6-9-14/h4-6,8-9,15H,3,7,10-13H2,1-2H3. The van der Waals surface area contributed by atoms with Crippen molar-refractivity contribution in [1.29, 1.82) is 0 Å². The number of aryl methyl sites for hydroxylation is 1. The summed E-state index contributed by atoms with van der Waals surface area (Å²) in [7, 11) is 1.97. The van der Waals surface area contributed by atoms with Gasteiger partial charge in [0.2, 0.25) is 11.8 Å². The summed E-state index contributed by atoms with van der Waals surface area (Å²) in [6.45, 7) is 3.89. The normalized spacial score (nSPS) is 17.6. The molecule has 1 amide bonds. The number of aromatic nitrogens is 2. The number of benzene rings is 1. The molecule has 1 fully saturated rings. The summed E-state index contributed by atoms with van der Waals surface area (Å²) >= 11 is 0. The van der Waals surface area contributed by atoms with Crippen LogP contribution in [0.2, 0.25) is 0 Å². The SMILES string of the molecule is CCc1nc(C2CCCN2C(=O)CN(C)Cc2ccccc2)no1. The van der Waals surface area contributed by atoms with Crippen LogP contribution in [0.25, 0.3) is 0 Å². The van der Waals surface area contributed by atoms with Crippen LogP contribution in [0.4, 0.5) is 0 Å². The number of carbonyl (C=O) groups excluding carboxylic acids is 1. The largest absolute Gasteiger partial charge is 0.339 e. The van der Waals surface area contributed by atoms with E-state index in [1.807, 2.05) is 42.0 Å². The van der Waals surface area contributed by atoms with Gasteiger partial charge in [0.05, 0.1) is 12.6 Å². The van der Waals surface area contributed by atoms with Gasteiger partial charge in [-0.3, -0.25) is 9.69 Å². The van der Waals surface area contributed by atoms with E-state index in [9.17, 15) is 4.79 Å². The third-order valence-corrected chi connectivity index (χ3v) is 4.36. The molecule has 0 bridgehead atoms. The van der Waals surface area contributed by atoms with Gasteiger partial charge in [-0.15, -0.1) is 0 Å². The Kier molecular flexibility index (Phi) is 5.25. The molecule has 1 aliphatic heterocycles. The number of amides is 1. The van der Waals surface area contributed by atoms with Crippen LogP contribution in [0.1, 0.15) is 43.1 Å². The molecule has 3 rings (SSSR count). The van der Waals surface area contributed by atoms with Crippen LogP contribution in [0.5, 0.6) is 0 Å². The van der Waals surface area contributed by atoms with E-state index in [2.05, 4.69) is 22.3 Å². The van der Waals surface area contributed by atoms with Crippen LogP contribution in [0.3, 0.4) is 0 Å². The molecule has 0 saturated carbocycles. The second-order valence-corrected chi connectivity index (χ2v) is 6.30. The van der Waals surface area contributed by atoms with Gasteiger partial charge in [-0.05, 0) is 25.5 Å². The highest BCUT2D eigenvalue weighted by Crippen LogP contribution is 2.30. The van der Waals surface area contributed by atoms with Gasteiger partial charge in [0, 0.05) is 19.5 Å². The fourth-order valence-corrected chi connectivity index (χ4v) is 3.15. The molecule has 1 saturated heterocycles. The monoisotopic (exact) mass is 328 g/mol. The zero-order valence-electron chi connectivity index (χ0n) is 14.3. The summed E-state index contributed by atoms with van der Waals surface area (Å²) in [5, 5.41) is 4.05. The van der Waals surface area contributed by atoms with Crippen molar-refractivity contribution in [2.75, 3.05) is 20.1 Å². The van der Waals surface area contributed by atoms with Crippen molar-refractivity contribution in [1.82, 2.24) is 19.9 Å². The Morgan fingerprint density at radius 1 is 1.38 bits per heavy atom. The van der Waals surface area contributed by atoms with E-state index in [0.29, 0.717) is 24.7 Å². The molecule has 1 aliphatic rings. The summed E-state index contributed by atoms with van der Waals surface area (Å²) in [6, 6.07) is 10.1. The number of hydrogen-bond acceptors (Lipinski definition) is 5. The van der Waals surface area contributed by atoms with Gasteiger partial charge in [-0.1, -0.05) is 42.4 Å². The van der Waals surface area contributed by atoms with Crippen molar-refractivity contribution in [3.63, 3.8) is 0 Å². The van der Waals surface area contributed by atoms with Crippen molar-refractivity contribution in [3.8, 4) is 0 Å². The second kappa shape index (κ2) is 7.57. The van der Waals surface area contributed by atoms with E-state index in [4.69, 9.17) is 4.52 Å². The minimum atomic E-state index is -0.0494. The zero-order chi connectivity index (χ0) is 16.9. The molecule has 2 heterocycles. The molecule has 1 unspecified atom stereocenters. The van der Waals surface area contributed by atoms with Gasteiger partial charge in [0.25, 0.3) is 0 Å². The van der Waals surface area contributed by atoms with E-state index < -0.39 is 0 Å². The molecule has 0 aliphatic carbocycles. The highest BCUT2D eigenvalue weighted by Gasteiger charge is 2.33. The van der Waals surface area contributed by atoms with Crippen LogP contribution in [-0.2, 0) is 17.8 Å². The minimum Gasteiger partial charge on any atom is -0.339 e. The van der Waals surface area contributed by atoms with Crippen molar-refractivity contribution in [2.45, 2.75) is 38.8 Å². The van der Waals surface area contributed by atoms with E-state index >= 15 is 0 Å². The van der Waals surface area contributed by atoms with Crippen LogP contribution >= 0.6 is 0 Å². The van der Waals surface area contributed by atoms with Crippen molar-refractivity contribution >= 4 is 5.91 Å². The first-order chi connectivity index (χ1) is 11.7. The van der Waals surface area contributed by atoms with Crippen molar-refractivity contribution < 1.29 is 9.32 Å². The Balaban J connectivity index is 1.61. The molecule has 1 aromatic heterocycles. The molecule has 128 valence electrons. The van der Waals surface area contributed by atoms with Crippen molar-refractivity contribution in [2.24, 2.45) is 0 Å². The first-order valence-corrected chi connectivity index (χ1v) is 8.51. The second-order valence-electron chi connectivity index (χ2n) is 6.30. The Bertz CT molecular complexity index is 671. The molecule has 24 heavy (non-hydrogen) atoms. The number of likely N-dealkylation sites (tertiary alicyclic amines) is 1. The lowest BCUT2D eigenvalue weighted by Crippen LogP contribution is -2.38. The average molecular weight is 328 g/mol. The maximum absolute atomic E-state index is 12.7. The number of hydrogen-bond donors (Lipinski definition) is 0. The third kappa shape index (κ3) is 3.82. The minimum absolute atomic E-state index is 0.0494. The highest BCUT2D eigenvalue weighted by atomic mass is 16.5. The number of likely N-dealkylation sites (N-methyl/N-ethyl adjacent to an activating group) is 1. The maximum Gasteiger partial charge on any atom is 0.237 e. The molecule has 0 spiro atoms. The first-order valence-electron chi connectivity index (χ1n) is 8.51. The molecule has 6 nitrogen and oxygen atoms in total. The summed E-state index contributed by atoms with van der Waals surface area (Å²) in [5.74, 6) is 1.40. The zero-order valence-corrected chi connectivity index (χ0v) is 14.3. The Hall–Kier alpha value is -2.21. The molecule has 6 heteroatoms. The summed E-state index contributed by atoms with van der Waals surface area (Å²) in [6.07, 6.45) is 2.60. The molecule has 0 N–H and O–H groups in total. The van der Waals surface area contributed by atoms with Gasteiger partial charge in [0.1, 0.15) is 0 Å². The number of nitrogens with zero attached hydrogens (tertiary/aromatic N) is 4. The van der Waals surface area contributed by atoms with Gasteiger partial charge >= 0.3 is 0 Å². The topological polar surface area (TPSA) is 62.5 Å². The fourth-order valence-electron chi connectivity index (χ4n) is 3.15. The number of rotatable bonds is 6. The molecule has 0 radical (unpaired) electrons. The van der Waals surface area contributed by atoms with Crippen LogP contribution in [0, 0.1) is 0 Å². The van der Waals surface area contributed by atoms with E-state index in [0.717, 1.165) is 25.9 Å².